The Balaban J connectivity index is 1.59. The minimum atomic E-state index is -0.456. The maximum atomic E-state index is 12.2. The van der Waals surface area contributed by atoms with Crippen molar-refractivity contribution in [2.24, 2.45) is 0 Å². The number of carbonyl (C=O) groups is 2. The van der Waals surface area contributed by atoms with Crippen LogP contribution in [0.25, 0.3) is 0 Å². The number of alkyl carbamates (subject to hydrolysis) is 1. The summed E-state index contributed by atoms with van der Waals surface area (Å²) < 4.78 is 15.8. The predicted molar refractivity (Wildman–Crippen MR) is 114 cm³/mol. The molecule has 1 amide bonds. The van der Waals surface area contributed by atoms with Crippen molar-refractivity contribution in [1.29, 1.82) is 0 Å². The molecule has 2 aromatic carbocycles. The van der Waals surface area contributed by atoms with E-state index in [1.807, 2.05) is 55.5 Å². The standard InChI is InChI=1S/C23H28N2O5/c1-16-9-10-18(13-19(16)22(26)29-3)25-12-11-20(21(14-25)28-2)24-23(27)30-15-17-7-5-4-6-8-17/h4-10,13,20-21H,11-12,14-15H2,1-3H3,(H,24,27). The molecule has 160 valence electrons. The number of amides is 1. The van der Waals surface area contributed by atoms with Gasteiger partial charge in [-0.05, 0) is 36.6 Å². The highest BCUT2D eigenvalue weighted by Gasteiger charge is 2.31. The molecule has 30 heavy (non-hydrogen) atoms. The van der Waals surface area contributed by atoms with Gasteiger partial charge >= 0.3 is 12.1 Å². The van der Waals surface area contributed by atoms with Crippen LogP contribution in [-0.4, -0.2) is 51.5 Å². The van der Waals surface area contributed by atoms with Gasteiger partial charge in [0.2, 0.25) is 0 Å². The van der Waals surface area contributed by atoms with Crippen molar-refractivity contribution < 1.29 is 23.8 Å². The van der Waals surface area contributed by atoms with E-state index in [-0.39, 0.29) is 24.7 Å². The van der Waals surface area contributed by atoms with Gasteiger partial charge in [0.15, 0.2) is 0 Å². The molecule has 1 aliphatic heterocycles. The Kier molecular flexibility index (Phi) is 7.30. The molecule has 0 radical (unpaired) electrons. The quantitative estimate of drug-likeness (QED) is 0.734. The first kappa shape index (κ1) is 21.6. The molecule has 7 nitrogen and oxygen atoms in total. The van der Waals surface area contributed by atoms with Gasteiger partial charge in [0.05, 0.1) is 24.8 Å². The molecular formula is C23H28N2O5. The maximum Gasteiger partial charge on any atom is 0.407 e. The van der Waals surface area contributed by atoms with E-state index in [1.165, 1.54) is 7.11 Å². The van der Waals surface area contributed by atoms with Gasteiger partial charge < -0.3 is 24.4 Å². The normalized spacial score (nSPS) is 18.6. The lowest BCUT2D eigenvalue weighted by Crippen LogP contribution is -2.55. The maximum absolute atomic E-state index is 12.2. The number of carbonyl (C=O) groups excluding carboxylic acids is 2. The molecule has 1 N–H and O–H groups in total. The molecule has 1 heterocycles. The number of hydrogen-bond acceptors (Lipinski definition) is 6. The predicted octanol–water partition coefficient (Wildman–Crippen LogP) is 3.30. The van der Waals surface area contributed by atoms with Crippen LogP contribution in [-0.2, 0) is 20.8 Å². The fourth-order valence-corrected chi connectivity index (χ4v) is 3.61. The summed E-state index contributed by atoms with van der Waals surface area (Å²) in [6, 6.07) is 15.1. The molecule has 0 bridgehead atoms. The van der Waals surface area contributed by atoms with Gasteiger partial charge in [0.1, 0.15) is 6.61 Å². The molecule has 2 aromatic rings. The van der Waals surface area contributed by atoms with Gasteiger partial charge in [0.25, 0.3) is 0 Å². The zero-order valence-corrected chi connectivity index (χ0v) is 17.6. The Morgan fingerprint density at radius 3 is 2.60 bits per heavy atom. The minimum absolute atomic E-state index is 0.153. The number of ether oxygens (including phenoxy) is 3. The highest BCUT2D eigenvalue weighted by molar-refractivity contribution is 5.92. The van der Waals surface area contributed by atoms with Crippen molar-refractivity contribution in [3.63, 3.8) is 0 Å². The second kappa shape index (κ2) is 10.1. The second-order valence-corrected chi connectivity index (χ2v) is 7.31. The Morgan fingerprint density at radius 2 is 1.90 bits per heavy atom. The monoisotopic (exact) mass is 412 g/mol. The second-order valence-electron chi connectivity index (χ2n) is 7.31. The van der Waals surface area contributed by atoms with Gasteiger partial charge in [-0.15, -0.1) is 0 Å². The van der Waals surface area contributed by atoms with Crippen LogP contribution in [0.4, 0.5) is 10.5 Å². The number of piperidine rings is 1. The Bertz CT molecular complexity index is 871. The molecule has 3 rings (SSSR count). The van der Waals surface area contributed by atoms with Gasteiger partial charge in [0, 0.05) is 25.9 Å². The summed E-state index contributed by atoms with van der Waals surface area (Å²) in [5, 5.41) is 2.92. The molecule has 1 fully saturated rings. The number of hydrogen-bond donors (Lipinski definition) is 1. The largest absolute Gasteiger partial charge is 0.465 e. The number of aryl methyl sites for hydroxylation is 1. The lowest BCUT2D eigenvalue weighted by Gasteiger charge is -2.39. The number of anilines is 1. The summed E-state index contributed by atoms with van der Waals surface area (Å²) in [6.45, 7) is 3.41. The summed E-state index contributed by atoms with van der Waals surface area (Å²) >= 11 is 0. The lowest BCUT2D eigenvalue weighted by molar-refractivity contribution is 0.0545. The molecule has 0 aliphatic carbocycles. The lowest BCUT2D eigenvalue weighted by atomic mass is 10.00. The third kappa shape index (κ3) is 5.30. The zero-order chi connectivity index (χ0) is 21.5. The highest BCUT2D eigenvalue weighted by atomic mass is 16.5. The average Bonchev–Trinajstić information content (AvgIpc) is 2.78. The molecule has 2 atom stereocenters. The first-order chi connectivity index (χ1) is 14.5. The third-order valence-corrected chi connectivity index (χ3v) is 5.37. The van der Waals surface area contributed by atoms with Crippen molar-refractivity contribution in [2.75, 3.05) is 32.2 Å². The fraction of sp³-hybridized carbons (Fsp3) is 0.391. The van der Waals surface area contributed by atoms with Crippen LogP contribution in [0.3, 0.4) is 0 Å². The highest BCUT2D eigenvalue weighted by Crippen LogP contribution is 2.25. The van der Waals surface area contributed by atoms with E-state index in [2.05, 4.69) is 10.2 Å². The van der Waals surface area contributed by atoms with Crippen LogP contribution in [0.2, 0.25) is 0 Å². The van der Waals surface area contributed by atoms with E-state index in [0.717, 1.165) is 16.8 Å². The molecule has 1 saturated heterocycles. The minimum Gasteiger partial charge on any atom is -0.465 e. The molecule has 1 aliphatic rings. The van der Waals surface area contributed by atoms with Crippen LogP contribution < -0.4 is 10.2 Å². The number of nitrogens with zero attached hydrogens (tertiary/aromatic N) is 1. The topological polar surface area (TPSA) is 77.1 Å². The van der Waals surface area contributed by atoms with Crippen molar-refractivity contribution in [2.45, 2.75) is 32.1 Å². The van der Waals surface area contributed by atoms with Crippen LogP contribution in [0.5, 0.6) is 0 Å². The Morgan fingerprint density at radius 1 is 1.13 bits per heavy atom. The molecular weight excluding hydrogens is 384 g/mol. The number of esters is 1. The van der Waals surface area contributed by atoms with Crippen molar-refractivity contribution >= 4 is 17.7 Å². The Labute approximate surface area is 176 Å². The van der Waals surface area contributed by atoms with E-state index < -0.39 is 6.09 Å². The van der Waals surface area contributed by atoms with Crippen molar-refractivity contribution in [3.8, 4) is 0 Å². The summed E-state index contributed by atoms with van der Waals surface area (Å²) in [6.07, 6.45) is 0.0361. The molecule has 0 aromatic heterocycles. The summed E-state index contributed by atoms with van der Waals surface area (Å²) in [7, 11) is 3.01. The molecule has 7 heteroatoms. The number of methoxy groups -OCH3 is 2. The SMILES string of the molecule is COC(=O)c1cc(N2CCC(NC(=O)OCc3ccccc3)C(OC)C2)ccc1C. The van der Waals surface area contributed by atoms with E-state index in [9.17, 15) is 9.59 Å². The molecule has 0 spiro atoms. The third-order valence-electron chi connectivity index (χ3n) is 5.37. The smallest absolute Gasteiger partial charge is 0.407 e. The van der Waals surface area contributed by atoms with E-state index in [0.29, 0.717) is 25.1 Å². The summed E-state index contributed by atoms with van der Waals surface area (Å²) in [4.78, 5) is 26.4. The van der Waals surface area contributed by atoms with E-state index >= 15 is 0 Å². The van der Waals surface area contributed by atoms with Crippen molar-refractivity contribution in [1.82, 2.24) is 5.32 Å². The van der Waals surface area contributed by atoms with Gasteiger partial charge in [-0.3, -0.25) is 0 Å². The van der Waals surface area contributed by atoms with Crippen LogP contribution in [0.15, 0.2) is 48.5 Å². The number of rotatable bonds is 6. The number of benzene rings is 2. The van der Waals surface area contributed by atoms with E-state index in [4.69, 9.17) is 14.2 Å². The van der Waals surface area contributed by atoms with Crippen LogP contribution >= 0.6 is 0 Å². The molecule has 0 saturated carbocycles. The summed E-state index contributed by atoms with van der Waals surface area (Å²) in [5.74, 6) is -0.352. The van der Waals surface area contributed by atoms with Gasteiger partial charge in [-0.25, -0.2) is 9.59 Å². The van der Waals surface area contributed by atoms with Gasteiger partial charge in [-0.1, -0.05) is 36.4 Å². The summed E-state index contributed by atoms with van der Waals surface area (Å²) in [5.41, 5.74) is 3.28. The van der Waals surface area contributed by atoms with E-state index in [1.54, 1.807) is 7.11 Å². The first-order valence-electron chi connectivity index (χ1n) is 9.95. The Hall–Kier alpha value is -3.06. The average molecular weight is 412 g/mol. The van der Waals surface area contributed by atoms with Gasteiger partial charge in [-0.2, -0.15) is 0 Å². The zero-order valence-electron chi connectivity index (χ0n) is 17.6. The molecule has 2 unspecified atom stereocenters. The first-order valence-corrected chi connectivity index (χ1v) is 9.95. The van der Waals surface area contributed by atoms with Crippen molar-refractivity contribution in [3.05, 3.63) is 65.2 Å². The van der Waals surface area contributed by atoms with Crippen LogP contribution in [0.1, 0.15) is 27.9 Å². The van der Waals surface area contributed by atoms with Crippen LogP contribution in [0, 0.1) is 6.92 Å². The number of nitrogens with one attached hydrogen (secondary N) is 1. The fourth-order valence-electron chi connectivity index (χ4n) is 3.61.